The zero-order chi connectivity index (χ0) is 24.4. The molecule has 2 aromatic rings. The van der Waals surface area contributed by atoms with Gasteiger partial charge in [-0.1, -0.05) is 23.9 Å². The molecule has 0 radical (unpaired) electrons. The molecule has 0 spiro atoms. The lowest BCUT2D eigenvalue weighted by molar-refractivity contribution is -0.127. The molecule has 2 saturated heterocycles. The van der Waals surface area contributed by atoms with Crippen molar-refractivity contribution in [2.24, 2.45) is 4.99 Å². The van der Waals surface area contributed by atoms with Gasteiger partial charge in [0.1, 0.15) is 5.82 Å². The maximum atomic E-state index is 14.3. The molecular formula is C23H27FN8O2S. The zero-order valence-corrected chi connectivity index (χ0v) is 20.2. The Morgan fingerprint density at radius 1 is 1.06 bits per heavy atom. The van der Waals surface area contributed by atoms with Crippen molar-refractivity contribution in [3.8, 4) is 0 Å². The topological polar surface area (TPSA) is 97.3 Å². The SMILES string of the molecule is CN1C(=O)NC(=O)C2C1N=C(N1CCN(c3ccccc3F)CC1)N2CCCSc1ncccn1. The van der Waals surface area contributed by atoms with Crippen molar-refractivity contribution in [2.45, 2.75) is 23.8 Å². The number of benzene rings is 1. The van der Waals surface area contributed by atoms with Crippen LogP contribution in [0.15, 0.2) is 52.9 Å². The Morgan fingerprint density at radius 3 is 2.51 bits per heavy atom. The van der Waals surface area contributed by atoms with Crippen LogP contribution in [-0.4, -0.2) is 100 Å². The summed E-state index contributed by atoms with van der Waals surface area (Å²) < 4.78 is 14.3. The number of nitrogens with zero attached hydrogens (tertiary/aromatic N) is 7. The van der Waals surface area contributed by atoms with Crippen LogP contribution < -0.4 is 10.2 Å². The first-order chi connectivity index (χ1) is 17.0. The van der Waals surface area contributed by atoms with Crippen LogP contribution in [0.2, 0.25) is 0 Å². The van der Waals surface area contributed by atoms with E-state index in [0.29, 0.717) is 49.5 Å². The number of imide groups is 1. The zero-order valence-electron chi connectivity index (χ0n) is 19.4. The van der Waals surface area contributed by atoms with Crippen LogP contribution in [0, 0.1) is 5.82 Å². The molecule has 3 amide bonds. The number of guanidine groups is 1. The van der Waals surface area contributed by atoms with E-state index in [0.717, 1.165) is 12.2 Å². The minimum Gasteiger partial charge on any atom is -0.366 e. The molecule has 1 aromatic carbocycles. The molecule has 12 heteroatoms. The molecule has 184 valence electrons. The molecular weight excluding hydrogens is 471 g/mol. The van der Waals surface area contributed by atoms with Gasteiger partial charge in [-0.15, -0.1) is 0 Å². The summed E-state index contributed by atoms with van der Waals surface area (Å²) in [6.07, 6.45) is 3.64. The smallest absolute Gasteiger partial charge is 0.325 e. The molecule has 2 unspecified atom stereocenters. The van der Waals surface area contributed by atoms with Crippen LogP contribution in [-0.2, 0) is 4.79 Å². The Morgan fingerprint density at radius 2 is 1.77 bits per heavy atom. The van der Waals surface area contributed by atoms with Crippen molar-refractivity contribution in [3.63, 3.8) is 0 Å². The monoisotopic (exact) mass is 498 g/mol. The van der Waals surface area contributed by atoms with E-state index in [4.69, 9.17) is 4.99 Å². The van der Waals surface area contributed by atoms with Crippen molar-refractivity contribution >= 4 is 35.3 Å². The Kier molecular flexibility index (Phi) is 6.71. The van der Waals surface area contributed by atoms with Gasteiger partial charge in [-0.05, 0) is 24.6 Å². The second kappa shape index (κ2) is 10.1. The first kappa shape index (κ1) is 23.3. The normalized spacial score (nSPS) is 22.3. The Bertz CT molecular complexity index is 1110. The predicted molar refractivity (Wildman–Crippen MR) is 131 cm³/mol. The van der Waals surface area contributed by atoms with Crippen LogP contribution in [0.4, 0.5) is 14.9 Å². The van der Waals surface area contributed by atoms with Crippen molar-refractivity contribution in [1.29, 1.82) is 0 Å². The van der Waals surface area contributed by atoms with Crippen LogP contribution in [0.5, 0.6) is 0 Å². The summed E-state index contributed by atoms with van der Waals surface area (Å²) in [4.78, 5) is 46.0. The Hall–Kier alpha value is -3.41. The van der Waals surface area contributed by atoms with Gasteiger partial charge < -0.3 is 19.6 Å². The highest BCUT2D eigenvalue weighted by Crippen LogP contribution is 2.28. The summed E-state index contributed by atoms with van der Waals surface area (Å²) >= 11 is 1.56. The standard InChI is InChI=1S/C23H27FN8O2S/c1-29-19-18(20(33)28-23(29)34)32(10-5-15-35-21-25-8-4-9-26-21)22(27-19)31-13-11-30(12-14-31)17-7-3-2-6-16(17)24/h2-4,6-9,18-19H,5,10-15H2,1H3,(H,28,33,34). The van der Waals surface area contributed by atoms with E-state index in [1.165, 1.54) is 11.0 Å². The van der Waals surface area contributed by atoms with Crippen molar-refractivity contribution < 1.29 is 14.0 Å². The number of thioether (sulfide) groups is 1. The number of anilines is 1. The predicted octanol–water partition coefficient (Wildman–Crippen LogP) is 1.47. The summed E-state index contributed by atoms with van der Waals surface area (Å²) in [7, 11) is 1.66. The molecule has 5 rings (SSSR count). The Labute approximate surface area is 207 Å². The fraction of sp³-hybridized carbons (Fsp3) is 0.435. The summed E-state index contributed by atoms with van der Waals surface area (Å²) in [5.41, 5.74) is 0.593. The van der Waals surface area contributed by atoms with Gasteiger partial charge in [0.15, 0.2) is 23.3 Å². The number of likely N-dealkylation sites (N-methyl/N-ethyl adjacent to an activating group) is 1. The number of carbonyl (C=O) groups is 2. The summed E-state index contributed by atoms with van der Waals surface area (Å²) in [5, 5.41) is 3.16. The van der Waals surface area contributed by atoms with Crippen molar-refractivity contribution in [2.75, 3.05) is 50.4 Å². The van der Waals surface area contributed by atoms with Crippen LogP contribution >= 0.6 is 11.8 Å². The minimum absolute atomic E-state index is 0.233. The molecule has 10 nitrogen and oxygen atoms in total. The van der Waals surface area contributed by atoms with E-state index in [9.17, 15) is 14.0 Å². The number of carbonyl (C=O) groups excluding carboxylic acids is 2. The second-order valence-electron chi connectivity index (χ2n) is 8.55. The number of halogens is 1. The fourth-order valence-electron chi connectivity index (χ4n) is 4.63. The van der Waals surface area contributed by atoms with E-state index in [2.05, 4.69) is 20.2 Å². The average molecular weight is 499 g/mol. The maximum absolute atomic E-state index is 14.3. The second-order valence-corrected chi connectivity index (χ2v) is 9.61. The summed E-state index contributed by atoms with van der Waals surface area (Å²) in [6, 6.07) is 7.55. The van der Waals surface area contributed by atoms with Gasteiger partial charge in [-0.2, -0.15) is 0 Å². The summed E-state index contributed by atoms with van der Waals surface area (Å²) in [5.74, 6) is 0.929. The maximum Gasteiger partial charge on any atom is 0.325 e. The third-order valence-corrected chi connectivity index (χ3v) is 7.37. The first-order valence-electron chi connectivity index (χ1n) is 11.6. The fourth-order valence-corrected chi connectivity index (χ4v) is 5.35. The van der Waals surface area contributed by atoms with E-state index < -0.39 is 18.2 Å². The van der Waals surface area contributed by atoms with Gasteiger partial charge in [0, 0.05) is 57.9 Å². The molecule has 2 atom stereocenters. The lowest BCUT2D eigenvalue weighted by Gasteiger charge is -2.41. The number of piperazine rings is 1. The van der Waals surface area contributed by atoms with Gasteiger partial charge in [0.05, 0.1) is 5.69 Å². The molecule has 1 N–H and O–H groups in total. The largest absolute Gasteiger partial charge is 0.366 e. The van der Waals surface area contributed by atoms with Crippen LogP contribution in [0.1, 0.15) is 6.42 Å². The number of urea groups is 1. The van der Waals surface area contributed by atoms with Gasteiger partial charge in [-0.3, -0.25) is 10.1 Å². The van der Waals surface area contributed by atoms with Crippen molar-refractivity contribution in [1.82, 2.24) is 30.0 Å². The third kappa shape index (κ3) is 4.75. The third-order valence-electron chi connectivity index (χ3n) is 6.41. The molecule has 0 aliphatic carbocycles. The highest BCUT2D eigenvalue weighted by Gasteiger charge is 2.49. The molecule has 4 heterocycles. The van der Waals surface area contributed by atoms with Gasteiger partial charge in [-0.25, -0.2) is 24.1 Å². The number of aliphatic imine (C=N–C) groups is 1. The molecule has 3 aliphatic heterocycles. The molecule has 0 saturated carbocycles. The Balaban J connectivity index is 1.28. The number of rotatable bonds is 6. The lowest BCUT2D eigenvalue weighted by Crippen LogP contribution is -2.64. The molecule has 0 bridgehead atoms. The van der Waals surface area contributed by atoms with Gasteiger partial charge in [0.2, 0.25) is 0 Å². The quantitative estimate of drug-likeness (QED) is 0.363. The van der Waals surface area contributed by atoms with Crippen LogP contribution in [0.3, 0.4) is 0 Å². The van der Waals surface area contributed by atoms with Gasteiger partial charge in [0.25, 0.3) is 5.91 Å². The highest BCUT2D eigenvalue weighted by atomic mass is 32.2. The number of fused-ring (bicyclic) bond motifs is 1. The van der Waals surface area contributed by atoms with E-state index in [-0.39, 0.29) is 11.7 Å². The summed E-state index contributed by atoms with van der Waals surface area (Å²) in [6.45, 7) is 3.13. The number of amides is 3. The van der Waals surface area contributed by atoms with E-state index in [1.54, 1.807) is 49.4 Å². The lowest BCUT2D eigenvalue weighted by atomic mass is 10.1. The minimum atomic E-state index is -0.574. The number of hydrogen-bond donors (Lipinski definition) is 1. The highest BCUT2D eigenvalue weighted by molar-refractivity contribution is 7.99. The molecule has 1 aromatic heterocycles. The van der Waals surface area contributed by atoms with Crippen LogP contribution in [0.25, 0.3) is 0 Å². The average Bonchev–Trinajstić information content (AvgIpc) is 3.26. The first-order valence-corrected chi connectivity index (χ1v) is 12.6. The van der Waals surface area contributed by atoms with E-state index in [1.807, 2.05) is 15.9 Å². The number of aromatic nitrogens is 2. The number of hydrogen-bond acceptors (Lipinski definition) is 9. The molecule has 2 fully saturated rings. The molecule has 3 aliphatic rings. The number of nitrogens with one attached hydrogen (secondary N) is 1. The molecule has 35 heavy (non-hydrogen) atoms. The van der Waals surface area contributed by atoms with Crippen molar-refractivity contribution in [3.05, 3.63) is 48.5 Å². The number of para-hydroxylation sites is 1. The van der Waals surface area contributed by atoms with Gasteiger partial charge >= 0.3 is 6.03 Å². The van der Waals surface area contributed by atoms with E-state index >= 15 is 0 Å².